The van der Waals surface area contributed by atoms with E-state index >= 15 is 0 Å². The molecule has 2 nitrogen and oxygen atoms in total. The average Bonchev–Trinajstić information content (AvgIpc) is 3.36. The molecular weight excluding hydrogens is 366 g/mol. The van der Waals surface area contributed by atoms with E-state index in [4.69, 9.17) is 4.42 Å². The molecule has 140 valence electrons. The summed E-state index contributed by atoms with van der Waals surface area (Å²) >= 11 is 0. The summed E-state index contributed by atoms with van der Waals surface area (Å²) in [6.45, 7) is 0. The van der Waals surface area contributed by atoms with E-state index in [1.165, 1.54) is 43.7 Å². The highest BCUT2D eigenvalue weighted by molar-refractivity contribution is 6.20. The molecule has 0 bridgehead atoms. The highest BCUT2D eigenvalue weighted by Crippen LogP contribution is 2.36. The van der Waals surface area contributed by atoms with Gasteiger partial charge >= 0.3 is 0 Å². The van der Waals surface area contributed by atoms with Crippen molar-refractivity contribution in [1.82, 2.24) is 4.98 Å². The first-order valence-corrected chi connectivity index (χ1v) is 10.2. The zero-order chi connectivity index (χ0) is 19.7. The Morgan fingerprint density at radius 2 is 1.27 bits per heavy atom. The van der Waals surface area contributed by atoms with Gasteiger partial charge in [0.05, 0.1) is 0 Å². The monoisotopic (exact) mass is 383 g/mol. The van der Waals surface area contributed by atoms with E-state index in [1.54, 1.807) is 0 Å². The number of furan rings is 1. The molecule has 0 atom stereocenters. The Bertz CT molecular complexity index is 1750. The lowest BCUT2D eigenvalue weighted by Crippen LogP contribution is -1.81. The first-order valence-electron chi connectivity index (χ1n) is 10.2. The van der Waals surface area contributed by atoms with Crippen molar-refractivity contribution >= 4 is 54.5 Å². The fourth-order valence-corrected chi connectivity index (χ4v) is 4.76. The van der Waals surface area contributed by atoms with Crippen molar-refractivity contribution in [1.29, 1.82) is 0 Å². The average molecular weight is 383 g/mol. The Hall–Kier alpha value is -4.04. The molecule has 0 radical (unpaired) electrons. The summed E-state index contributed by atoms with van der Waals surface area (Å²) in [5.41, 5.74) is 6.65. The lowest BCUT2D eigenvalue weighted by Gasteiger charge is -2.06. The molecule has 0 spiro atoms. The largest absolute Gasteiger partial charge is 0.456 e. The third-order valence-electron chi connectivity index (χ3n) is 6.20. The van der Waals surface area contributed by atoms with Crippen molar-refractivity contribution in [3.05, 3.63) is 97.1 Å². The summed E-state index contributed by atoms with van der Waals surface area (Å²) in [4.78, 5) is 3.54. The van der Waals surface area contributed by atoms with Crippen LogP contribution in [0.25, 0.3) is 65.6 Å². The molecule has 0 amide bonds. The van der Waals surface area contributed by atoms with Gasteiger partial charge in [0.2, 0.25) is 0 Å². The summed E-state index contributed by atoms with van der Waals surface area (Å²) in [5.74, 6) is 0. The molecule has 7 aromatic rings. The van der Waals surface area contributed by atoms with Crippen molar-refractivity contribution in [2.24, 2.45) is 0 Å². The van der Waals surface area contributed by atoms with Gasteiger partial charge < -0.3 is 9.40 Å². The predicted octanol–water partition coefficient (Wildman–Crippen LogP) is 8.04. The Morgan fingerprint density at radius 1 is 0.500 bits per heavy atom. The third-order valence-corrected chi connectivity index (χ3v) is 6.20. The standard InChI is InChI=1S/C28H17NO/c1-3-7-24-22(6-1)28-20-12-9-17(15-19(20)10-13-25(28)29-24)18-11-14-27-23(16-18)21-5-2-4-8-26(21)30-27/h1-16,29H. The van der Waals surface area contributed by atoms with E-state index in [-0.39, 0.29) is 0 Å². The highest BCUT2D eigenvalue weighted by atomic mass is 16.3. The number of fused-ring (bicyclic) bond motifs is 8. The molecule has 1 N–H and O–H groups in total. The van der Waals surface area contributed by atoms with Crippen molar-refractivity contribution in [2.75, 3.05) is 0 Å². The second-order valence-electron chi connectivity index (χ2n) is 7.90. The number of para-hydroxylation sites is 2. The maximum Gasteiger partial charge on any atom is 0.135 e. The van der Waals surface area contributed by atoms with Gasteiger partial charge in [-0.25, -0.2) is 0 Å². The number of hydrogen-bond acceptors (Lipinski definition) is 1. The number of aromatic amines is 1. The number of rotatable bonds is 1. The number of benzene rings is 5. The van der Waals surface area contributed by atoms with Crippen molar-refractivity contribution in [3.8, 4) is 11.1 Å². The van der Waals surface area contributed by atoms with Crippen molar-refractivity contribution < 1.29 is 4.42 Å². The van der Waals surface area contributed by atoms with E-state index in [9.17, 15) is 0 Å². The summed E-state index contributed by atoms with van der Waals surface area (Å²) in [5, 5.41) is 7.43. The number of hydrogen-bond donors (Lipinski definition) is 1. The Balaban J connectivity index is 1.47. The third kappa shape index (κ3) is 2.13. The maximum absolute atomic E-state index is 5.99. The van der Waals surface area contributed by atoms with Crippen molar-refractivity contribution in [2.45, 2.75) is 0 Å². The minimum Gasteiger partial charge on any atom is -0.456 e. The second kappa shape index (κ2) is 5.74. The van der Waals surface area contributed by atoms with Crippen LogP contribution in [0.1, 0.15) is 0 Å². The fraction of sp³-hybridized carbons (Fsp3) is 0. The molecule has 2 aromatic heterocycles. The molecule has 0 saturated carbocycles. The molecule has 0 fully saturated rings. The van der Waals surface area contributed by atoms with E-state index in [0.29, 0.717) is 0 Å². The molecule has 0 aliphatic carbocycles. The topological polar surface area (TPSA) is 28.9 Å². The Kier molecular flexibility index (Phi) is 3.03. The van der Waals surface area contributed by atoms with Crippen LogP contribution in [0.15, 0.2) is 101 Å². The SMILES string of the molecule is c1ccc2c(c1)[nH]c1ccc3cc(-c4ccc5oc6ccccc6c5c4)ccc3c12. The summed E-state index contributed by atoms with van der Waals surface area (Å²) in [7, 11) is 0. The fourth-order valence-electron chi connectivity index (χ4n) is 4.76. The molecule has 0 aliphatic heterocycles. The van der Waals surface area contributed by atoms with Crippen LogP contribution < -0.4 is 0 Å². The van der Waals surface area contributed by atoms with Gasteiger partial charge in [0, 0.05) is 32.6 Å². The van der Waals surface area contributed by atoms with Crippen LogP contribution in [0.4, 0.5) is 0 Å². The molecule has 0 unspecified atom stereocenters. The van der Waals surface area contributed by atoms with Gasteiger partial charge in [0.25, 0.3) is 0 Å². The zero-order valence-electron chi connectivity index (χ0n) is 16.1. The van der Waals surface area contributed by atoms with Gasteiger partial charge in [0.1, 0.15) is 11.2 Å². The summed E-state index contributed by atoms with van der Waals surface area (Å²) in [6, 6.07) is 34.4. The number of nitrogens with one attached hydrogen (secondary N) is 1. The van der Waals surface area contributed by atoms with Crippen LogP contribution in [-0.2, 0) is 0 Å². The summed E-state index contributed by atoms with van der Waals surface area (Å²) in [6.07, 6.45) is 0. The molecule has 2 heteroatoms. The first kappa shape index (κ1) is 15.8. The molecule has 5 aromatic carbocycles. The normalized spacial score (nSPS) is 12.0. The van der Waals surface area contributed by atoms with E-state index in [1.807, 2.05) is 12.1 Å². The van der Waals surface area contributed by atoms with Gasteiger partial charge in [-0.2, -0.15) is 0 Å². The Morgan fingerprint density at radius 3 is 2.23 bits per heavy atom. The van der Waals surface area contributed by atoms with Crippen LogP contribution in [0.5, 0.6) is 0 Å². The van der Waals surface area contributed by atoms with Gasteiger partial charge in [-0.3, -0.25) is 0 Å². The molecule has 7 rings (SSSR count). The van der Waals surface area contributed by atoms with Gasteiger partial charge in [-0.1, -0.05) is 60.7 Å². The van der Waals surface area contributed by atoms with E-state index < -0.39 is 0 Å². The number of aromatic nitrogens is 1. The lowest BCUT2D eigenvalue weighted by molar-refractivity contribution is 0.669. The van der Waals surface area contributed by atoms with Gasteiger partial charge in [0.15, 0.2) is 0 Å². The zero-order valence-corrected chi connectivity index (χ0v) is 16.1. The van der Waals surface area contributed by atoms with Crippen LogP contribution in [0.2, 0.25) is 0 Å². The molecule has 0 saturated heterocycles. The van der Waals surface area contributed by atoms with Crippen LogP contribution in [0, 0.1) is 0 Å². The van der Waals surface area contributed by atoms with E-state index in [0.717, 1.165) is 21.9 Å². The lowest BCUT2D eigenvalue weighted by atomic mass is 9.97. The molecule has 0 aliphatic rings. The van der Waals surface area contributed by atoms with Gasteiger partial charge in [-0.05, 0) is 58.3 Å². The smallest absolute Gasteiger partial charge is 0.135 e. The minimum atomic E-state index is 0.932. The van der Waals surface area contributed by atoms with Crippen molar-refractivity contribution in [3.63, 3.8) is 0 Å². The maximum atomic E-state index is 5.99. The van der Waals surface area contributed by atoms with Crippen LogP contribution in [0.3, 0.4) is 0 Å². The molecule has 30 heavy (non-hydrogen) atoms. The Labute approximate surface area is 172 Å². The molecular formula is C28H17NO. The highest BCUT2D eigenvalue weighted by Gasteiger charge is 2.11. The quantitative estimate of drug-likeness (QED) is 0.305. The predicted molar refractivity (Wildman–Crippen MR) is 126 cm³/mol. The molecule has 2 heterocycles. The van der Waals surface area contributed by atoms with Crippen LogP contribution in [-0.4, -0.2) is 4.98 Å². The van der Waals surface area contributed by atoms with Crippen LogP contribution >= 0.6 is 0 Å². The first-order chi connectivity index (χ1) is 14.8. The second-order valence-corrected chi connectivity index (χ2v) is 7.90. The van der Waals surface area contributed by atoms with Gasteiger partial charge in [-0.15, -0.1) is 0 Å². The number of H-pyrrole nitrogens is 1. The minimum absolute atomic E-state index is 0.932. The van der Waals surface area contributed by atoms with E-state index in [2.05, 4.69) is 89.9 Å². The summed E-state index contributed by atoms with van der Waals surface area (Å²) < 4.78 is 5.99.